The molecule has 0 aliphatic carbocycles. The van der Waals surface area contributed by atoms with Crippen molar-refractivity contribution in [3.8, 4) is 5.75 Å². The first-order chi connectivity index (χ1) is 17.5. The van der Waals surface area contributed by atoms with Gasteiger partial charge in [-0.3, -0.25) is 19.9 Å². The second-order valence-electron chi connectivity index (χ2n) is 7.98. The number of sulfonamides is 1. The molecular weight excluding hydrogens is 580 g/mol. The van der Waals surface area contributed by atoms with Gasteiger partial charge < -0.3 is 10.1 Å². The highest BCUT2D eigenvalue weighted by molar-refractivity contribution is 9.10. The lowest BCUT2D eigenvalue weighted by Crippen LogP contribution is -2.28. The van der Waals surface area contributed by atoms with Crippen molar-refractivity contribution in [1.82, 2.24) is 0 Å². The molecule has 0 bridgehead atoms. The molecule has 9 nitrogen and oxygen atoms in total. The Labute approximate surface area is 226 Å². The zero-order valence-electron chi connectivity index (χ0n) is 19.4. The molecule has 4 rings (SSSR count). The number of anilines is 2. The van der Waals surface area contributed by atoms with E-state index in [4.69, 9.17) is 15.3 Å². The number of thioether (sulfide) groups is 1. The number of amidine groups is 1. The van der Waals surface area contributed by atoms with Crippen LogP contribution in [0.5, 0.6) is 5.75 Å². The summed E-state index contributed by atoms with van der Waals surface area (Å²) < 4.78 is 29.2. The third-order valence-electron chi connectivity index (χ3n) is 5.17. The van der Waals surface area contributed by atoms with Gasteiger partial charge in [0.15, 0.2) is 11.8 Å². The number of amides is 2. The van der Waals surface area contributed by atoms with Crippen LogP contribution in [0.1, 0.15) is 11.1 Å². The highest BCUT2D eigenvalue weighted by Crippen LogP contribution is 2.37. The maximum Gasteiger partial charge on any atom is 0.271 e. The minimum atomic E-state index is -3.83. The summed E-state index contributed by atoms with van der Waals surface area (Å²) in [6.45, 7) is 1.58. The minimum Gasteiger partial charge on any atom is -0.483 e. The fraction of sp³-hybridized carbons (Fsp3) is 0.0800. The van der Waals surface area contributed by atoms with E-state index in [1.165, 1.54) is 29.2 Å². The van der Waals surface area contributed by atoms with Crippen molar-refractivity contribution in [3.05, 3.63) is 87.2 Å². The molecule has 37 heavy (non-hydrogen) atoms. The number of carbonyl (C=O) groups excluding carboxylic acids is 2. The molecule has 1 aliphatic heterocycles. The molecule has 2 amide bonds. The number of benzene rings is 3. The number of aryl methyl sites for hydroxylation is 1. The van der Waals surface area contributed by atoms with E-state index in [-0.39, 0.29) is 22.6 Å². The number of halogens is 1. The lowest BCUT2D eigenvalue weighted by molar-refractivity contribution is -0.118. The Balaban J connectivity index is 1.48. The molecule has 12 heteroatoms. The second kappa shape index (κ2) is 10.9. The van der Waals surface area contributed by atoms with Gasteiger partial charge in [-0.05, 0) is 84.9 Å². The van der Waals surface area contributed by atoms with Crippen LogP contribution in [0, 0.1) is 12.3 Å². The number of nitrogens with zero attached hydrogens (tertiary/aromatic N) is 1. The predicted octanol–water partition coefficient (Wildman–Crippen LogP) is 4.48. The summed E-state index contributed by atoms with van der Waals surface area (Å²) in [6.07, 6.45) is 1.63. The molecule has 0 radical (unpaired) electrons. The van der Waals surface area contributed by atoms with Gasteiger partial charge in [0.25, 0.3) is 11.8 Å². The van der Waals surface area contributed by atoms with Crippen LogP contribution in [0.15, 0.2) is 81.0 Å². The van der Waals surface area contributed by atoms with Crippen LogP contribution in [0.4, 0.5) is 11.4 Å². The van der Waals surface area contributed by atoms with E-state index in [9.17, 15) is 18.0 Å². The summed E-state index contributed by atoms with van der Waals surface area (Å²) >= 11 is 4.45. The molecule has 190 valence electrons. The fourth-order valence-electron chi connectivity index (χ4n) is 3.46. The van der Waals surface area contributed by atoms with Crippen LogP contribution >= 0.6 is 27.7 Å². The highest BCUT2D eigenvalue weighted by atomic mass is 79.9. The Bertz CT molecular complexity index is 1540. The number of nitrogens with one attached hydrogen (secondary N) is 2. The van der Waals surface area contributed by atoms with Crippen molar-refractivity contribution in [2.75, 3.05) is 16.8 Å². The van der Waals surface area contributed by atoms with E-state index in [1.54, 1.807) is 30.3 Å². The molecule has 1 saturated heterocycles. The van der Waals surface area contributed by atoms with Crippen LogP contribution < -0.4 is 20.1 Å². The molecule has 1 heterocycles. The molecule has 0 aromatic heterocycles. The first-order valence-electron chi connectivity index (χ1n) is 10.8. The van der Waals surface area contributed by atoms with E-state index in [1.807, 2.05) is 25.1 Å². The number of nitrogens with two attached hydrogens (primary N) is 1. The SMILES string of the molecule is Cc1cccc(N2C(=N)S/C(=C\c3cc(Br)ccc3OCC(=O)Nc3ccc(S(N)(=O)=O)cc3)C2=O)c1. The topological polar surface area (TPSA) is 143 Å². The van der Waals surface area contributed by atoms with Crippen molar-refractivity contribution in [2.45, 2.75) is 11.8 Å². The van der Waals surface area contributed by atoms with Gasteiger partial charge in [0, 0.05) is 15.7 Å². The largest absolute Gasteiger partial charge is 0.483 e. The summed E-state index contributed by atoms with van der Waals surface area (Å²) in [4.78, 5) is 27.2. The Kier molecular flexibility index (Phi) is 7.83. The van der Waals surface area contributed by atoms with Gasteiger partial charge in [0.1, 0.15) is 5.75 Å². The molecule has 4 N–H and O–H groups in total. The standard InChI is InChI=1S/C25H21BrN4O5S2/c1-15-3-2-4-19(11-15)30-24(32)22(36-25(30)27)13-16-12-17(26)5-10-21(16)35-14-23(31)29-18-6-8-20(9-7-18)37(28,33)34/h2-13,27H,14H2,1H3,(H,29,31)(H2,28,33,34)/b22-13-,27-25?. The van der Waals surface area contributed by atoms with Crippen LogP contribution in [0.25, 0.3) is 6.08 Å². The zero-order chi connectivity index (χ0) is 26.7. The Morgan fingerprint density at radius 1 is 1.16 bits per heavy atom. The van der Waals surface area contributed by atoms with Crippen LogP contribution in [-0.4, -0.2) is 32.0 Å². The van der Waals surface area contributed by atoms with Crippen molar-refractivity contribution in [3.63, 3.8) is 0 Å². The molecule has 0 atom stereocenters. The average molecular weight is 602 g/mol. The normalized spacial score (nSPS) is 14.8. The second-order valence-corrected chi connectivity index (χ2v) is 11.5. The molecule has 1 aliphatic rings. The number of rotatable bonds is 7. The quantitative estimate of drug-likeness (QED) is 0.341. The number of hydrogen-bond donors (Lipinski definition) is 3. The summed E-state index contributed by atoms with van der Waals surface area (Å²) in [6, 6.07) is 17.9. The highest BCUT2D eigenvalue weighted by Gasteiger charge is 2.33. The van der Waals surface area contributed by atoms with Gasteiger partial charge in [-0.15, -0.1) is 0 Å². The van der Waals surface area contributed by atoms with Crippen LogP contribution in [0.3, 0.4) is 0 Å². The molecule has 1 fully saturated rings. The van der Waals surface area contributed by atoms with Crippen molar-refractivity contribution in [1.29, 1.82) is 5.41 Å². The van der Waals surface area contributed by atoms with Gasteiger partial charge in [-0.2, -0.15) is 0 Å². The lowest BCUT2D eigenvalue weighted by atomic mass is 10.1. The van der Waals surface area contributed by atoms with Crippen molar-refractivity contribution < 1.29 is 22.7 Å². The number of carbonyl (C=O) groups is 2. The third kappa shape index (κ3) is 6.46. The van der Waals surface area contributed by atoms with Gasteiger partial charge >= 0.3 is 0 Å². The van der Waals surface area contributed by atoms with E-state index in [0.717, 1.165) is 21.8 Å². The molecule has 3 aromatic rings. The van der Waals surface area contributed by atoms with E-state index in [2.05, 4.69) is 21.2 Å². The fourth-order valence-corrected chi connectivity index (χ4v) is 5.21. The molecule has 0 unspecified atom stereocenters. The van der Waals surface area contributed by atoms with Crippen LogP contribution in [0.2, 0.25) is 0 Å². The molecule has 0 saturated carbocycles. The van der Waals surface area contributed by atoms with Gasteiger partial charge in [-0.25, -0.2) is 13.6 Å². The van der Waals surface area contributed by atoms with E-state index >= 15 is 0 Å². The van der Waals surface area contributed by atoms with E-state index < -0.39 is 15.9 Å². The minimum absolute atomic E-state index is 0.0670. The number of ether oxygens (including phenoxy) is 1. The molecule has 0 spiro atoms. The summed E-state index contributed by atoms with van der Waals surface area (Å²) in [5, 5.41) is 16.1. The third-order valence-corrected chi connectivity index (χ3v) is 7.48. The lowest BCUT2D eigenvalue weighted by Gasteiger charge is -2.14. The maximum atomic E-state index is 13.1. The average Bonchev–Trinajstić information content (AvgIpc) is 3.11. The summed E-state index contributed by atoms with van der Waals surface area (Å²) in [5.41, 5.74) is 2.52. The molecular formula is C25H21BrN4O5S2. The molecule has 3 aromatic carbocycles. The maximum absolute atomic E-state index is 13.1. The number of hydrogen-bond acceptors (Lipinski definition) is 7. The van der Waals surface area contributed by atoms with E-state index in [0.29, 0.717) is 27.6 Å². The van der Waals surface area contributed by atoms with Gasteiger partial charge in [-0.1, -0.05) is 28.1 Å². The summed E-state index contributed by atoms with van der Waals surface area (Å²) in [5.74, 6) is -0.430. The first kappa shape index (κ1) is 26.6. The zero-order valence-corrected chi connectivity index (χ0v) is 22.6. The van der Waals surface area contributed by atoms with Gasteiger partial charge in [0.2, 0.25) is 10.0 Å². The van der Waals surface area contributed by atoms with Crippen molar-refractivity contribution >= 4 is 72.1 Å². The summed E-state index contributed by atoms with van der Waals surface area (Å²) in [7, 11) is -3.83. The Hall–Kier alpha value is -3.45. The van der Waals surface area contributed by atoms with Crippen molar-refractivity contribution in [2.24, 2.45) is 5.14 Å². The smallest absolute Gasteiger partial charge is 0.271 e. The predicted molar refractivity (Wildman–Crippen MR) is 148 cm³/mol. The Morgan fingerprint density at radius 3 is 2.57 bits per heavy atom. The van der Waals surface area contributed by atoms with Gasteiger partial charge in [0.05, 0.1) is 15.5 Å². The monoisotopic (exact) mass is 600 g/mol. The number of primary sulfonamides is 1. The first-order valence-corrected chi connectivity index (χ1v) is 13.9. The Morgan fingerprint density at radius 2 is 1.89 bits per heavy atom. The van der Waals surface area contributed by atoms with Crippen LogP contribution in [-0.2, 0) is 19.6 Å².